The van der Waals surface area contributed by atoms with Crippen LogP contribution in [0.25, 0.3) is 0 Å². The smallest absolute Gasteiger partial charge is 0.417 e. The SMILES string of the molecule is CNC(C)Cc1ccc(OCC(O)C(F)(F)F)cc1. The highest BCUT2D eigenvalue weighted by Gasteiger charge is 2.38. The van der Waals surface area contributed by atoms with Crippen LogP contribution in [0.15, 0.2) is 24.3 Å². The third kappa shape index (κ3) is 5.48. The zero-order valence-corrected chi connectivity index (χ0v) is 10.9. The Bertz CT molecular complexity index is 378. The number of aliphatic hydroxyl groups excluding tert-OH is 1. The largest absolute Gasteiger partial charge is 0.491 e. The number of rotatable bonds is 6. The minimum absolute atomic E-state index is 0.309. The molecule has 0 saturated heterocycles. The molecule has 2 unspecified atom stereocenters. The molecule has 0 aliphatic carbocycles. The van der Waals surface area contributed by atoms with Gasteiger partial charge in [0.2, 0.25) is 0 Å². The third-order valence-electron chi connectivity index (χ3n) is 2.74. The Morgan fingerprint density at radius 2 is 1.84 bits per heavy atom. The lowest BCUT2D eigenvalue weighted by Crippen LogP contribution is -2.34. The summed E-state index contributed by atoms with van der Waals surface area (Å²) in [7, 11) is 1.86. The molecule has 0 radical (unpaired) electrons. The minimum Gasteiger partial charge on any atom is -0.491 e. The molecule has 2 atom stereocenters. The molecule has 0 aromatic heterocycles. The molecule has 0 aliphatic rings. The summed E-state index contributed by atoms with van der Waals surface area (Å²) in [5.41, 5.74) is 1.06. The Morgan fingerprint density at radius 1 is 1.26 bits per heavy atom. The fraction of sp³-hybridized carbons (Fsp3) is 0.538. The molecule has 0 aliphatic heterocycles. The second-order valence-electron chi connectivity index (χ2n) is 4.41. The predicted octanol–water partition coefficient (Wildman–Crippen LogP) is 2.14. The molecule has 0 spiro atoms. The molecule has 1 aromatic rings. The van der Waals surface area contributed by atoms with Gasteiger partial charge in [0.1, 0.15) is 12.4 Å². The average Bonchev–Trinajstić information content (AvgIpc) is 2.36. The summed E-state index contributed by atoms with van der Waals surface area (Å²) in [5.74, 6) is 0.309. The van der Waals surface area contributed by atoms with Crippen LogP contribution in [-0.2, 0) is 6.42 Å². The average molecular weight is 277 g/mol. The summed E-state index contributed by atoms with van der Waals surface area (Å²) in [6, 6.07) is 7.10. The molecule has 0 bridgehead atoms. The maximum Gasteiger partial charge on any atom is 0.417 e. The summed E-state index contributed by atoms with van der Waals surface area (Å²) in [5, 5.41) is 11.9. The normalized spacial score (nSPS) is 15.1. The highest BCUT2D eigenvalue weighted by Crippen LogP contribution is 2.21. The minimum atomic E-state index is -4.65. The second kappa shape index (κ2) is 6.77. The summed E-state index contributed by atoms with van der Waals surface area (Å²) < 4.78 is 41.1. The molecule has 108 valence electrons. The van der Waals surface area contributed by atoms with Crippen LogP contribution in [0.3, 0.4) is 0 Å². The molecular formula is C13H18F3NO2. The molecule has 3 nitrogen and oxygen atoms in total. The van der Waals surface area contributed by atoms with Crippen molar-refractivity contribution in [1.29, 1.82) is 0 Å². The first-order chi connectivity index (χ1) is 8.82. The Morgan fingerprint density at radius 3 is 2.32 bits per heavy atom. The Labute approximate surface area is 110 Å². The second-order valence-corrected chi connectivity index (χ2v) is 4.41. The fourth-order valence-corrected chi connectivity index (χ4v) is 1.45. The van der Waals surface area contributed by atoms with E-state index >= 15 is 0 Å². The van der Waals surface area contributed by atoms with Crippen LogP contribution >= 0.6 is 0 Å². The molecular weight excluding hydrogens is 259 g/mol. The van der Waals surface area contributed by atoms with E-state index in [2.05, 4.69) is 5.32 Å². The molecule has 19 heavy (non-hydrogen) atoms. The maximum atomic E-state index is 12.1. The quantitative estimate of drug-likeness (QED) is 0.837. The number of likely N-dealkylation sites (N-methyl/N-ethyl adjacent to an activating group) is 1. The maximum absolute atomic E-state index is 12.1. The van der Waals surface area contributed by atoms with Crippen LogP contribution < -0.4 is 10.1 Å². The predicted molar refractivity (Wildman–Crippen MR) is 66.2 cm³/mol. The van der Waals surface area contributed by atoms with E-state index in [1.807, 2.05) is 14.0 Å². The van der Waals surface area contributed by atoms with Crippen molar-refractivity contribution in [3.05, 3.63) is 29.8 Å². The van der Waals surface area contributed by atoms with Gasteiger partial charge in [0.25, 0.3) is 0 Å². The number of hydrogen-bond acceptors (Lipinski definition) is 3. The first kappa shape index (κ1) is 15.8. The third-order valence-corrected chi connectivity index (χ3v) is 2.74. The number of ether oxygens (including phenoxy) is 1. The van der Waals surface area contributed by atoms with Gasteiger partial charge in [-0.3, -0.25) is 0 Å². The van der Waals surface area contributed by atoms with Gasteiger partial charge in [0.05, 0.1) is 0 Å². The number of aliphatic hydroxyl groups is 1. The number of benzene rings is 1. The highest BCUT2D eigenvalue weighted by molar-refractivity contribution is 5.27. The Balaban J connectivity index is 2.49. The van der Waals surface area contributed by atoms with Gasteiger partial charge in [-0.25, -0.2) is 0 Å². The highest BCUT2D eigenvalue weighted by atomic mass is 19.4. The van der Waals surface area contributed by atoms with Gasteiger partial charge in [-0.15, -0.1) is 0 Å². The van der Waals surface area contributed by atoms with Crippen LogP contribution in [0.1, 0.15) is 12.5 Å². The molecule has 0 heterocycles. The van der Waals surface area contributed by atoms with Crippen LogP contribution in [0.2, 0.25) is 0 Å². The van der Waals surface area contributed by atoms with Crippen molar-refractivity contribution in [3.8, 4) is 5.75 Å². The van der Waals surface area contributed by atoms with E-state index in [1.165, 1.54) is 0 Å². The van der Waals surface area contributed by atoms with E-state index in [0.717, 1.165) is 12.0 Å². The number of alkyl halides is 3. The number of nitrogens with one attached hydrogen (secondary N) is 1. The summed E-state index contributed by atoms with van der Waals surface area (Å²) in [6.07, 6.45) is -6.29. The van der Waals surface area contributed by atoms with Crippen LogP contribution in [0.5, 0.6) is 5.75 Å². The Hall–Kier alpha value is -1.27. The number of halogens is 3. The van der Waals surface area contributed by atoms with E-state index in [0.29, 0.717) is 11.8 Å². The van der Waals surface area contributed by atoms with E-state index in [9.17, 15) is 13.2 Å². The topological polar surface area (TPSA) is 41.5 Å². The van der Waals surface area contributed by atoms with Crippen molar-refractivity contribution in [2.45, 2.75) is 31.7 Å². The molecule has 6 heteroatoms. The first-order valence-electron chi connectivity index (χ1n) is 5.96. The van der Waals surface area contributed by atoms with Crippen LogP contribution in [0.4, 0.5) is 13.2 Å². The van der Waals surface area contributed by atoms with Crippen LogP contribution in [-0.4, -0.2) is 37.1 Å². The summed E-state index contributed by atoms with van der Waals surface area (Å²) in [4.78, 5) is 0. The van der Waals surface area contributed by atoms with Crippen molar-refractivity contribution < 1.29 is 23.0 Å². The molecule has 0 fully saturated rings. The van der Waals surface area contributed by atoms with Gasteiger partial charge in [-0.2, -0.15) is 13.2 Å². The standard InChI is InChI=1S/C13H18F3NO2/c1-9(17-2)7-10-3-5-11(6-4-10)19-8-12(18)13(14,15)16/h3-6,9,12,17-18H,7-8H2,1-2H3. The van der Waals surface area contributed by atoms with Gasteiger partial charge in [-0.05, 0) is 38.1 Å². The Kier molecular flexibility index (Phi) is 5.62. The molecule has 0 saturated carbocycles. The van der Waals surface area contributed by atoms with Crippen molar-refractivity contribution in [3.63, 3.8) is 0 Å². The monoisotopic (exact) mass is 277 g/mol. The van der Waals surface area contributed by atoms with Crippen LogP contribution in [0, 0.1) is 0 Å². The number of hydrogen-bond donors (Lipinski definition) is 2. The lowest BCUT2D eigenvalue weighted by molar-refractivity contribution is -0.210. The van der Waals surface area contributed by atoms with Gasteiger partial charge in [0, 0.05) is 6.04 Å². The van der Waals surface area contributed by atoms with Crippen molar-refractivity contribution in [2.75, 3.05) is 13.7 Å². The van der Waals surface area contributed by atoms with E-state index in [-0.39, 0.29) is 0 Å². The molecule has 0 amide bonds. The van der Waals surface area contributed by atoms with Gasteiger partial charge in [-0.1, -0.05) is 12.1 Å². The lowest BCUT2D eigenvalue weighted by Gasteiger charge is -2.15. The van der Waals surface area contributed by atoms with Gasteiger partial charge in [0.15, 0.2) is 6.10 Å². The van der Waals surface area contributed by atoms with Gasteiger partial charge < -0.3 is 15.2 Å². The summed E-state index contributed by atoms with van der Waals surface area (Å²) in [6.45, 7) is 1.24. The zero-order valence-electron chi connectivity index (χ0n) is 10.9. The molecule has 2 N–H and O–H groups in total. The van der Waals surface area contributed by atoms with Crippen molar-refractivity contribution in [2.24, 2.45) is 0 Å². The van der Waals surface area contributed by atoms with Crippen molar-refractivity contribution in [1.82, 2.24) is 5.32 Å². The van der Waals surface area contributed by atoms with Gasteiger partial charge >= 0.3 is 6.18 Å². The first-order valence-corrected chi connectivity index (χ1v) is 5.96. The lowest BCUT2D eigenvalue weighted by atomic mass is 10.1. The van der Waals surface area contributed by atoms with E-state index in [4.69, 9.17) is 9.84 Å². The fourth-order valence-electron chi connectivity index (χ4n) is 1.45. The summed E-state index contributed by atoms with van der Waals surface area (Å²) >= 11 is 0. The van der Waals surface area contributed by atoms with E-state index in [1.54, 1.807) is 24.3 Å². The van der Waals surface area contributed by atoms with E-state index < -0.39 is 18.9 Å². The molecule has 1 rings (SSSR count). The zero-order chi connectivity index (χ0) is 14.5. The molecule has 1 aromatic carbocycles. The van der Waals surface area contributed by atoms with Crippen molar-refractivity contribution >= 4 is 0 Å².